The van der Waals surface area contributed by atoms with E-state index in [-0.39, 0.29) is 0 Å². The van der Waals surface area contributed by atoms with Crippen molar-refractivity contribution in [3.8, 4) is 5.75 Å². The van der Waals surface area contributed by atoms with Gasteiger partial charge in [-0.15, -0.1) is 0 Å². The molecule has 0 aromatic heterocycles. The van der Waals surface area contributed by atoms with Gasteiger partial charge in [0.2, 0.25) is 0 Å². The second-order valence-electron chi connectivity index (χ2n) is 11.0. The topological polar surface area (TPSA) is 38.7 Å². The Labute approximate surface area is 226 Å². The fourth-order valence-corrected chi connectivity index (χ4v) is 5.46. The second-order valence-corrected chi connectivity index (χ2v) is 11.0. The van der Waals surface area contributed by atoms with Crippen molar-refractivity contribution in [2.24, 2.45) is 0 Å². The van der Waals surface area contributed by atoms with Crippen LogP contribution in [0, 0.1) is 20.8 Å². The Balaban J connectivity index is 1.54. The Morgan fingerprint density at radius 1 is 1.05 bits per heavy atom. The van der Waals surface area contributed by atoms with Crippen LogP contribution in [0.25, 0.3) is 0 Å². The number of rotatable bonds is 12. The molecule has 1 fully saturated rings. The van der Waals surface area contributed by atoms with Gasteiger partial charge in [-0.05, 0) is 114 Å². The summed E-state index contributed by atoms with van der Waals surface area (Å²) in [7, 11) is 2.05. The summed E-state index contributed by atoms with van der Waals surface area (Å²) in [5.74, 6) is 0.388. The minimum absolute atomic E-state index is 0.388. The van der Waals surface area contributed by atoms with E-state index in [1.807, 2.05) is 13.0 Å². The quantitative estimate of drug-likeness (QED) is 0.332. The van der Waals surface area contributed by atoms with Crippen molar-refractivity contribution >= 4 is 0 Å². The number of hydrogen-bond acceptors (Lipinski definition) is 4. The Morgan fingerprint density at radius 3 is 2.46 bits per heavy atom. The number of phenols is 1. The number of allylic oxidation sites excluding steroid dienone is 3. The van der Waals surface area contributed by atoms with Crippen molar-refractivity contribution in [1.29, 1.82) is 0 Å². The van der Waals surface area contributed by atoms with Crippen LogP contribution in [0.2, 0.25) is 0 Å². The van der Waals surface area contributed by atoms with E-state index < -0.39 is 0 Å². The van der Waals surface area contributed by atoms with Crippen LogP contribution in [0.3, 0.4) is 0 Å². The van der Waals surface area contributed by atoms with E-state index in [1.54, 1.807) is 0 Å². The summed E-state index contributed by atoms with van der Waals surface area (Å²) >= 11 is 0. The Hall–Kier alpha value is -2.40. The molecule has 0 atom stereocenters. The average Bonchev–Trinajstić information content (AvgIpc) is 2.88. The molecular weight excluding hydrogens is 454 g/mol. The van der Waals surface area contributed by atoms with Gasteiger partial charge in [-0.1, -0.05) is 53.6 Å². The molecule has 2 aromatic carbocycles. The molecule has 0 aliphatic carbocycles. The van der Waals surface area contributed by atoms with Crippen LogP contribution in [0.1, 0.15) is 60.9 Å². The molecule has 202 valence electrons. The summed E-state index contributed by atoms with van der Waals surface area (Å²) in [5.41, 5.74) is 9.27. The molecule has 4 nitrogen and oxygen atoms in total. The van der Waals surface area contributed by atoms with Crippen LogP contribution < -0.4 is 5.32 Å². The molecule has 4 heteroatoms. The monoisotopic (exact) mass is 503 g/mol. The molecule has 37 heavy (non-hydrogen) atoms. The van der Waals surface area contributed by atoms with Crippen molar-refractivity contribution in [3.05, 3.63) is 87.5 Å². The van der Waals surface area contributed by atoms with Gasteiger partial charge in [0.15, 0.2) is 0 Å². The van der Waals surface area contributed by atoms with Crippen molar-refractivity contribution in [2.45, 2.75) is 72.9 Å². The number of aromatic hydroxyl groups is 1. The first kappa shape index (κ1) is 29.2. The molecule has 1 saturated heterocycles. The highest BCUT2D eigenvalue weighted by molar-refractivity contribution is 5.37. The Morgan fingerprint density at radius 2 is 1.81 bits per heavy atom. The van der Waals surface area contributed by atoms with Crippen molar-refractivity contribution in [2.75, 3.05) is 39.8 Å². The number of hydrogen-bond donors (Lipinski definition) is 2. The highest BCUT2D eigenvalue weighted by atomic mass is 16.3. The molecule has 0 radical (unpaired) electrons. The summed E-state index contributed by atoms with van der Waals surface area (Å²) in [6.45, 7) is 17.3. The molecule has 2 N–H and O–H groups in total. The number of likely N-dealkylation sites (tertiary alicyclic amines) is 1. The van der Waals surface area contributed by atoms with E-state index in [9.17, 15) is 5.11 Å². The lowest BCUT2D eigenvalue weighted by Crippen LogP contribution is -2.46. The fraction of sp³-hybridized carbons (Fsp3) is 0.515. The number of phenolic OH excluding ortho intramolecular Hbond substituents is 1. The predicted octanol–water partition coefficient (Wildman–Crippen LogP) is 6.33. The highest BCUT2D eigenvalue weighted by Gasteiger charge is 2.24. The lowest BCUT2D eigenvalue weighted by Gasteiger charge is -2.39. The van der Waals surface area contributed by atoms with Gasteiger partial charge in [-0.3, -0.25) is 9.80 Å². The van der Waals surface area contributed by atoms with Crippen LogP contribution in [0.5, 0.6) is 5.75 Å². The molecule has 0 unspecified atom stereocenters. The fourth-order valence-electron chi connectivity index (χ4n) is 5.46. The van der Waals surface area contributed by atoms with Crippen LogP contribution in [0.4, 0.5) is 0 Å². The summed E-state index contributed by atoms with van der Waals surface area (Å²) in [6, 6.07) is 13.4. The van der Waals surface area contributed by atoms with Crippen LogP contribution in [-0.2, 0) is 13.0 Å². The maximum Gasteiger partial charge on any atom is 0.118 e. The van der Waals surface area contributed by atoms with E-state index in [2.05, 4.69) is 92.3 Å². The minimum Gasteiger partial charge on any atom is -0.508 e. The van der Waals surface area contributed by atoms with Gasteiger partial charge >= 0.3 is 0 Å². The second kappa shape index (κ2) is 14.5. The molecule has 1 aliphatic heterocycles. The Kier molecular flexibility index (Phi) is 11.4. The molecule has 2 aromatic rings. The smallest absolute Gasteiger partial charge is 0.118 e. The van der Waals surface area contributed by atoms with Gasteiger partial charge in [0, 0.05) is 32.2 Å². The number of benzene rings is 2. The summed E-state index contributed by atoms with van der Waals surface area (Å²) in [4.78, 5) is 5.28. The zero-order valence-corrected chi connectivity index (χ0v) is 24.1. The maximum absolute atomic E-state index is 9.82. The first-order chi connectivity index (χ1) is 17.8. The molecule has 0 saturated carbocycles. The van der Waals surface area contributed by atoms with E-state index in [0.29, 0.717) is 11.8 Å². The minimum atomic E-state index is 0.388. The van der Waals surface area contributed by atoms with Crippen molar-refractivity contribution in [3.63, 3.8) is 0 Å². The normalized spacial score (nSPS) is 16.1. The maximum atomic E-state index is 9.82. The summed E-state index contributed by atoms with van der Waals surface area (Å²) in [6.07, 6.45) is 9.24. The van der Waals surface area contributed by atoms with Gasteiger partial charge in [0.05, 0.1) is 0 Å². The zero-order valence-electron chi connectivity index (χ0n) is 24.1. The van der Waals surface area contributed by atoms with Crippen LogP contribution >= 0.6 is 0 Å². The third-order valence-corrected chi connectivity index (χ3v) is 7.88. The van der Waals surface area contributed by atoms with Gasteiger partial charge in [0.1, 0.15) is 5.75 Å². The zero-order chi connectivity index (χ0) is 26.8. The molecule has 3 rings (SSSR count). The standard InChI is InChI=1S/C33H49N3O/c1-7-29(23-31-10-8-25(2)20-27(31)4)21-26(3)12-18-36(19-15-34-6)32-13-16-35(17-14-32)24-30-9-11-33(37)28(5)22-30/h7-11,20-22,32,34,37H,12-19,23-24H2,1-6H3/b26-21-,29-7+. The largest absolute Gasteiger partial charge is 0.508 e. The lowest BCUT2D eigenvalue weighted by atomic mass is 9.97. The first-order valence-electron chi connectivity index (χ1n) is 14.1. The van der Waals surface area contributed by atoms with Crippen LogP contribution in [-0.4, -0.2) is 60.7 Å². The van der Waals surface area contributed by atoms with Crippen molar-refractivity contribution in [1.82, 2.24) is 15.1 Å². The molecule has 0 amide bonds. The van der Waals surface area contributed by atoms with Gasteiger partial charge in [-0.2, -0.15) is 0 Å². The van der Waals surface area contributed by atoms with Gasteiger partial charge < -0.3 is 10.4 Å². The molecule has 0 bridgehead atoms. The third kappa shape index (κ3) is 9.14. The van der Waals surface area contributed by atoms with Gasteiger partial charge in [0.25, 0.3) is 0 Å². The molecule has 1 aliphatic rings. The first-order valence-corrected chi connectivity index (χ1v) is 14.1. The number of aryl methyl sites for hydroxylation is 3. The number of piperidine rings is 1. The highest BCUT2D eigenvalue weighted by Crippen LogP contribution is 2.23. The molecular formula is C33H49N3O. The van der Waals surface area contributed by atoms with E-state index in [1.165, 1.54) is 46.2 Å². The SMILES string of the molecule is C/C=C(\C=C(\C)CCN(CCNC)C1CCN(Cc2ccc(O)c(C)c2)CC1)Cc1ccc(C)cc1C. The average molecular weight is 504 g/mol. The summed E-state index contributed by atoms with van der Waals surface area (Å²) < 4.78 is 0. The third-order valence-electron chi connectivity index (χ3n) is 7.88. The van der Waals surface area contributed by atoms with E-state index in [4.69, 9.17) is 0 Å². The molecule has 0 spiro atoms. The number of nitrogens with zero attached hydrogens (tertiary/aromatic N) is 2. The summed E-state index contributed by atoms with van der Waals surface area (Å²) in [5, 5.41) is 13.2. The van der Waals surface area contributed by atoms with Gasteiger partial charge in [-0.25, -0.2) is 0 Å². The Bertz CT molecular complexity index is 1060. The van der Waals surface area contributed by atoms with Crippen molar-refractivity contribution < 1.29 is 5.11 Å². The lowest BCUT2D eigenvalue weighted by molar-refractivity contribution is 0.106. The number of nitrogens with one attached hydrogen (secondary N) is 1. The number of likely N-dealkylation sites (N-methyl/N-ethyl adjacent to an activating group) is 1. The van der Waals surface area contributed by atoms with E-state index >= 15 is 0 Å². The predicted molar refractivity (Wildman–Crippen MR) is 158 cm³/mol. The van der Waals surface area contributed by atoms with Crippen LogP contribution in [0.15, 0.2) is 59.7 Å². The molecule has 1 heterocycles. The van der Waals surface area contributed by atoms with E-state index in [0.717, 1.165) is 57.7 Å².